The van der Waals surface area contributed by atoms with Gasteiger partial charge in [0.1, 0.15) is 11.9 Å². The summed E-state index contributed by atoms with van der Waals surface area (Å²) < 4.78 is 6.90. The lowest BCUT2D eigenvalue weighted by Crippen LogP contribution is -2.29. The molecule has 0 aliphatic rings. The Balaban J connectivity index is 2.42. The minimum atomic E-state index is 0.110. The smallest absolute Gasteiger partial charge is 0.141 e. The summed E-state index contributed by atoms with van der Waals surface area (Å²) in [6.45, 7) is 8.17. The lowest BCUT2D eigenvalue weighted by molar-refractivity contribution is 0.216. The van der Waals surface area contributed by atoms with Crippen LogP contribution in [0.25, 0.3) is 0 Å². The monoisotopic (exact) mass is 347 g/mol. The summed E-state index contributed by atoms with van der Waals surface area (Å²) in [6.07, 6.45) is 3.86. The molecule has 0 aliphatic carbocycles. The second-order valence-corrected chi connectivity index (χ2v) is 6.20. The molecule has 0 saturated heterocycles. The standard InChI is InChI=1S/C15H23BrClNO/c1-4-5-6-7-18-10-12(3)19-15-11(2)8-13(16)9-14(15)17/h8-9,12,18H,4-7,10H2,1-3H3. The predicted octanol–water partition coefficient (Wildman–Crippen LogP) is 4.96. The second-order valence-electron chi connectivity index (χ2n) is 4.87. The zero-order valence-corrected chi connectivity index (χ0v) is 14.3. The Morgan fingerprint density at radius 2 is 2.11 bits per heavy atom. The Hall–Kier alpha value is -0.250. The Morgan fingerprint density at radius 1 is 1.37 bits per heavy atom. The van der Waals surface area contributed by atoms with E-state index in [0.717, 1.165) is 28.9 Å². The van der Waals surface area contributed by atoms with Gasteiger partial charge in [-0.2, -0.15) is 0 Å². The highest BCUT2D eigenvalue weighted by Crippen LogP contribution is 2.32. The van der Waals surface area contributed by atoms with Gasteiger partial charge in [-0.3, -0.25) is 0 Å². The van der Waals surface area contributed by atoms with E-state index in [1.165, 1.54) is 19.3 Å². The average Bonchev–Trinajstić information content (AvgIpc) is 2.33. The van der Waals surface area contributed by atoms with Gasteiger partial charge in [0.2, 0.25) is 0 Å². The van der Waals surface area contributed by atoms with Crippen molar-refractivity contribution in [2.24, 2.45) is 0 Å². The predicted molar refractivity (Wildman–Crippen MR) is 86.4 cm³/mol. The quantitative estimate of drug-likeness (QED) is 0.671. The van der Waals surface area contributed by atoms with Crippen molar-refractivity contribution in [3.63, 3.8) is 0 Å². The summed E-state index contributed by atoms with van der Waals surface area (Å²) in [7, 11) is 0. The lowest BCUT2D eigenvalue weighted by Gasteiger charge is -2.18. The molecular formula is C15H23BrClNO. The molecule has 0 spiro atoms. The fraction of sp³-hybridized carbons (Fsp3) is 0.600. The molecule has 1 unspecified atom stereocenters. The molecule has 2 nitrogen and oxygen atoms in total. The van der Waals surface area contributed by atoms with Crippen molar-refractivity contribution in [3.8, 4) is 5.75 Å². The number of aryl methyl sites for hydroxylation is 1. The molecule has 0 bridgehead atoms. The SMILES string of the molecule is CCCCCNCC(C)Oc1c(C)cc(Br)cc1Cl. The maximum Gasteiger partial charge on any atom is 0.141 e. The molecule has 0 aliphatic heterocycles. The molecule has 4 heteroatoms. The molecule has 1 aromatic rings. The topological polar surface area (TPSA) is 21.3 Å². The van der Waals surface area contributed by atoms with Gasteiger partial charge in [-0.1, -0.05) is 47.3 Å². The van der Waals surface area contributed by atoms with Gasteiger partial charge in [0.15, 0.2) is 0 Å². The van der Waals surface area contributed by atoms with Gasteiger partial charge >= 0.3 is 0 Å². The van der Waals surface area contributed by atoms with E-state index in [1.54, 1.807) is 0 Å². The number of nitrogens with one attached hydrogen (secondary N) is 1. The third-order valence-corrected chi connectivity index (χ3v) is 3.64. The van der Waals surface area contributed by atoms with Gasteiger partial charge in [-0.15, -0.1) is 0 Å². The summed E-state index contributed by atoms with van der Waals surface area (Å²) >= 11 is 9.63. The minimum Gasteiger partial charge on any atom is -0.488 e. The normalized spacial score (nSPS) is 12.5. The Labute approximate surface area is 130 Å². The third-order valence-electron chi connectivity index (χ3n) is 2.90. The van der Waals surface area contributed by atoms with Gasteiger partial charge in [0.05, 0.1) is 5.02 Å². The van der Waals surface area contributed by atoms with Crippen LogP contribution in [0.2, 0.25) is 5.02 Å². The van der Waals surface area contributed by atoms with E-state index in [4.69, 9.17) is 16.3 Å². The van der Waals surface area contributed by atoms with E-state index < -0.39 is 0 Å². The molecule has 1 atom stereocenters. The fourth-order valence-corrected chi connectivity index (χ4v) is 2.90. The molecular weight excluding hydrogens is 326 g/mol. The number of benzene rings is 1. The maximum atomic E-state index is 6.21. The zero-order chi connectivity index (χ0) is 14.3. The highest BCUT2D eigenvalue weighted by atomic mass is 79.9. The van der Waals surface area contributed by atoms with E-state index in [0.29, 0.717) is 5.02 Å². The van der Waals surface area contributed by atoms with Crippen LogP contribution < -0.4 is 10.1 Å². The molecule has 0 radical (unpaired) electrons. The zero-order valence-electron chi connectivity index (χ0n) is 11.9. The summed E-state index contributed by atoms with van der Waals surface area (Å²) in [4.78, 5) is 0. The molecule has 1 N–H and O–H groups in total. The van der Waals surface area contributed by atoms with Crippen molar-refractivity contribution in [3.05, 3.63) is 27.2 Å². The number of ether oxygens (including phenoxy) is 1. The van der Waals surface area contributed by atoms with Gasteiger partial charge in [0, 0.05) is 11.0 Å². The fourth-order valence-electron chi connectivity index (χ4n) is 1.89. The van der Waals surface area contributed by atoms with E-state index in [2.05, 4.69) is 35.1 Å². The first-order valence-corrected chi connectivity index (χ1v) is 8.04. The molecule has 0 aromatic heterocycles. The van der Waals surface area contributed by atoms with Crippen molar-refractivity contribution in [2.75, 3.05) is 13.1 Å². The van der Waals surface area contributed by atoms with Crippen molar-refractivity contribution in [1.82, 2.24) is 5.32 Å². The van der Waals surface area contributed by atoms with Crippen LogP contribution >= 0.6 is 27.5 Å². The van der Waals surface area contributed by atoms with E-state index in [-0.39, 0.29) is 6.10 Å². The molecule has 108 valence electrons. The Morgan fingerprint density at radius 3 is 2.74 bits per heavy atom. The lowest BCUT2D eigenvalue weighted by atomic mass is 10.2. The maximum absolute atomic E-state index is 6.21. The first kappa shape index (κ1) is 16.8. The first-order valence-electron chi connectivity index (χ1n) is 6.87. The van der Waals surface area contributed by atoms with Crippen LogP contribution in [-0.2, 0) is 0 Å². The molecule has 1 aromatic carbocycles. The van der Waals surface area contributed by atoms with Crippen LogP contribution in [-0.4, -0.2) is 19.2 Å². The Bertz CT molecular complexity index is 375. The van der Waals surface area contributed by atoms with Crippen molar-refractivity contribution in [2.45, 2.75) is 46.1 Å². The molecule has 0 saturated carbocycles. The van der Waals surface area contributed by atoms with Gasteiger partial charge < -0.3 is 10.1 Å². The van der Waals surface area contributed by atoms with E-state index in [1.807, 2.05) is 19.1 Å². The van der Waals surface area contributed by atoms with E-state index >= 15 is 0 Å². The molecule has 1 rings (SSSR count). The molecule has 0 fully saturated rings. The number of halogens is 2. The summed E-state index contributed by atoms with van der Waals surface area (Å²) in [6, 6.07) is 3.88. The highest BCUT2D eigenvalue weighted by molar-refractivity contribution is 9.10. The van der Waals surface area contributed by atoms with Crippen LogP contribution in [0.3, 0.4) is 0 Å². The summed E-state index contributed by atoms with van der Waals surface area (Å²) in [5.41, 5.74) is 1.05. The number of hydrogen-bond acceptors (Lipinski definition) is 2. The number of hydrogen-bond donors (Lipinski definition) is 1. The minimum absolute atomic E-state index is 0.110. The summed E-state index contributed by atoms with van der Waals surface area (Å²) in [5, 5.41) is 4.07. The largest absolute Gasteiger partial charge is 0.488 e. The molecule has 19 heavy (non-hydrogen) atoms. The molecule has 0 amide bonds. The van der Waals surface area contributed by atoms with Crippen molar-refractivity contribution < 1.29 is 4.74 Å². The van der Waals surface area contributed by atoms with Crippen LogP contribution in [0.15, 0.2) is 16.6 Å². The second kappa shape index (κ2) is 8.83. The third kappa shape index (κ3) is 6.15. The van der Waals surface area contributed by atoms with Crippen molar-refractivity contribution >= 4 is 27.5 Å². The number of rotatable bonds is 8. The van der Waals surface area contributed by atoms with Gasteiger partial charge in [0.25, 0.3) is 0 Å². The summed E-state index contributed by atoms with van der Waals surface area (Å²) in [5.74, 6) is 0.785. The Kier molecular flexibility index (Phi) is 7.81. The van der Waals surface area contributed by atoms with Crippen LogP contribution in [0, 0.1) is 6.92 Å². The highest BCUT2D eigenvalue weighted by Gasteiger charge is 2.11. The van der Waals surface area contributed by atoms with Gasteiger partial charge in [-0.25, -0.2) is 0 Å². The first-order chi connectivity index (χ1) is 9.04. The van der Waals surface area contributed by atoms with Crippen LogP contribution in [0.4, 0.5) is 0 Å². The molecule has 0 heterocycles. The van der Waals surface area contributed by atoms with Crippen molar-refractivity contribution in [1.29, 1.82) is 0 Å². The average molecular weight is 349 g/mol. The number of unbranched alkanes of at least 4 members (excludes halogenated alkanes) is 2. The van der Waals surface area contributed by atoms with Crippen LogP contribution in [0.1, 0.15) is 38.7 Å². The van der Waals surface area contributed by atoms with Gasteiger partial charge in [-0.05, 0) is 44.5 Å². The van der Waals surface area contributed by atoms with Crippen LogP contribution in [0.5, 0.6) is 5.75 Å². The van der Waals surface area contributed by atoms with E-state index in [9.17, 15) is 0 Å².